The number of rotatable bonds is 1. The van der Waals surface area contributed by atoms with Gasteiger partial charge >= 0.3 is 5.97 Å². The molecule has 1 saturated heterocycles. The van der Waals surface area contributed by atoms with E-state index >= 15 is 0 Å². The van der Waals surface area contributed by atoms with Crippen LogP contribution in [0.3, 0.4) is 0 Å². The number of ether oxygens (including phenoxy) is 1. The summed E-state index contributed by atoms with van der Waals surface area (Å²) in [5.41, 5.74) is 0. The Morgan fingerprint density at radius 2 is 1.50 bits per heavy atom. The third-order valence-corrected chi connectivity index (χ3v) is 3.71. The van der Waals surface area contributed by atoms with Crippen LogP contribution in [-0.2, 0) is 9.53 Å². The molecule has 4 atom stereocenters. The van der Waals surface area contributed by atoms with Crippen molar-refractivity contribution in [2.45, 2.75) is 39.8 Å². The summed E-state index contributed by atoms with van der Waals surface area (Å²) < 4.78 is 4.86. The van der Waals surface area contributed by atoms with E-state index in [1.165, 1.54) is 7.11 Å². The number of nitrogens with one attached hydrogen (secondary N) is 1. The number of methoxy groups -OCH3 is 1. The molecule has 0 radical (unpaired) electrons. The van der Waals surface area contributed by atoms with Crippen LogP contribution in [-0.4, -0.2) is 25.2 Å². The van der Waals surface area contributed by atoms with E-state index in [1.54, 1.807) is 0 Å². The lowest BCUT2D eigenvalue weighted by atomic mass is 9.73. The van der Waals surface area contributed by atoms with Gasteiger partial charge in [0, 0.05) is 12.1 Å². The fourth-order valence-corrected chi connectivity index (χ4v) is 2.38. The summed E-state index contributed by atoms with van der Waals surface area (Å²) >= 11 is 0. The zero-order chi connectivity index (χ0) is 10.9. The first-order chi connectivity index (χ1) is 6.49. The predicted molar refractivity (Wildman–Crippen MR) is 55.9 cm³/mol. The van der Waals surface area contributed by atoms with Gasteiger partial charge in [0.05, 0.1) is 13.0 Å². The molecule has 0 aromatic carbocycles. The number of hydrogen-bond acceptors (Lipinski definition) is 3. The maximum Gasteiger partial charge on any atom is 0.309 e. The Hall–Kier alpha value is -0.570. The van der Waals surface area contributed by atoms with Crippen LogP contribution in [0.15, 0.2) is 0 Å². The van der Waals surface area contributed by atoms with Gasteiger partial charge in [-0.3, -0.25) is 4.79 Å². The molecule has 1 heterocycles. The SMILES string of the molecule is COC(=O)C1C(C)C(C)NC(C)C1C. The molecular weight excluding hydrogens is 178 g/mol. The lowest BCUT2D eigenvalue weighted by molar-refractivity contribution is -0.151. The normalized spacial score (nSPS) is 43.4. The standard InChI is InChI=1S/C11H21NO2/c1-6-8(3)12-9(4)7(2)10(6)11(13)14-5/h6-10,12H,1-5H3. The van der Waals surface area contributed by atoms with Crippen LogP contribution in [0, 0.1) is 17.8 Å². The van der Waals surface area contributed by atoms with Gasteiger partial charge in [-0.05, 0) is 25.7 Å². The first-order valence-electron chi connectivity index (χ1n) is 5.33. The molecule has 0 bridgehead atoms. The number of piperidine rings is 1. The third kappa shape index (κ3) is 1.92. The summed E-state index contributed by atoms with van der Waals surface area (Å²) in [7, 11) is 1.47. The first-order valence-corrected chi connectivity index (χ1v) is 5.33. The number of esters is 1. The molecule has 1 aliphatic heterocycles. The molecular formula is C11H21NO2. The Morgan fingerprint density at radius 3 is 1.86 bits per heavy atom. The fourth-order valence-electron chi connectivity index (χ4n) is 2.38. The van der Waals surface area contributed by atoms with Crippen molar-refractivity contribution < 1.29 is 9.53 Å². The van der Waals surface area contributed by atoms with E-state index in [-0.39, 0.29) is 11.9 Å². The van der Waals surface area contributed by atoms with E-state index in [9.17, 15) is 4.79 Å². The average Bonchev–Trinajstić information content (AvgIpc) is 2.15. The Bertz CT molecular complexity index is 203. The van der Waals surface area contributed by atoms with Crippen LogP contribution < -0.4 is 5.32 Å². The molecule has 0 saturated carbocycles. The third-order valence-electron chi connectivity index (χ3n) is 3.71. The molecule has 0 aromatic rings. The van der Waals surface area contributed by atoms with E-state index in [0.29, 0.717) is 23.9 Å². The Morgan fingerprint density at radius 1 is 1.07 bits per heavy atom. The highest BCUT2D eigenvalue weighted by Gasteiger charge is 2.41. The van der Waals surface area contributed by atoms with Crippen molar-refractivity contribution in [2.75, 3.05) is 7.11 Å². The Labute approximate surface area is 86.2 Å². The van der Waals surface area contributed by atoms with Crippen LogP contribution in [0.2, 0.25) is 0 Å². The predicted octanol–water partition coefficient (Wildman–Crippen LogP) is 1.43. The van der Waals surface area contributed by atoms with E-state index in [2.05, 4.69) is 33.0 Å². The Balaban J connectivity index is 2.82. The largest absolute Gasteiger partial charge is 0.469 e. The topological polar surface area (TPSA) is 38.3 Å². The molecule has 0 spiro atoms. The van der Waals surface area contributed by atoms with E-state index in [1.807, 2.05) is 0 Å². The second-order valence-electron chi connectivity index (χ2n) is 4.51. The van der Waals surface area contributed by atoms with Crippen molar-refractivity contribution in [1.29, 1.82) is 0 Å². The highest BCUT2D eigenvalue weighted by molar-refractivity contribution is 5.73. The van der Waals surface area contributed by atoms with Crippen LogP contribution in [0.4, 0.5) is 0 Å². The second-order valence-corrected chi connectivity index (χ2v) is 4.51. The van der Waals surface area contributed by atoms with Gasteiger partial charge in [0.15, 0.2) is 0 Å². The van der Waals surface area contributed by atoms with E-state index in [4.69, 9.17) is 4.74 Å². The van der Waals surface area contributed by atoms with Crippen LogP contribution in [0.25, 0.3) is 0 Å². The average molecular weight is 199 g/mol. The van der Waals surface area contributed by atoms with Crippen molar-refractivity contribution in [1.82, 2.24) is 5.32 Å². The number of carbonyl (C=O) groups excluding carboxylic acids is 1. The van der Waals surface area contributed by atoms with Gasteiger partial charge in [0.25, 0.3) is 0 Å². The lowest BCUT2D eigenvalue weighted by Gasteiger charge is -2.42. The number of hydrogen-bond donors (Lipinski definition) is 1. The van der Waals surface area contributed by atoms with Crippen LogP contribution in [0.1, 0.15) is 27.7 Å². The molecule has 82 valence electrons. The molecule has 3 nitrogen and oxygen atoms in total. The second kappa shape index (κ2) is 4.30. The van der Waals surface area contributed by atoms with Gasteiger partial charge in [-0.1, -0.05) is 13.8 Å². The molecule has 1 aliphatic rings. The van der Waals surface area contributed by atoms with Crippen LogP contribution in [0.5, 0.6) is 0 Å². The summed E-state index contributed by atoms with van der Waals surface area (Å²) in [5.74, 6) is 0.652. The summed E-state index contributed by atoms with van der Waals surface area (Å²) in [6.07, 6.45) is 0. The van der Waals surface area contributed by atoms with Crippen molar-refractivity contribution in [2.24, 2.45) is 17.8 Å². The molecule has 14 heavy (non-hydrogen) atoms. The molecule has 1 N–H and O–H groups in total. The van der Waals surface area contributed by atoms with Gasteiger partial charge in [0.1, 0.15) is 0 Å². The highest BCUT2D eigenvalue weighted by atomic mass is 16.5. The highest BCUT2D eigenvalue weighted by Crippen LogP contribution is 2.32. The molecule has 3 heteroatoms. The van der Waals surface area contributed by atoms with Crippen LogP contribution >= 0.6 is 0 Å². The smallest absolute Gasteiger partial charge is 0.309 e. The maximum absolute atomic E-state index is 11.6. The van der Waals surface area contributed by atoms with Crippen molar-refractivity contribution >= 4 is 5.97 Å². The van der Waals surface area contributed by atoms with Gasteiger partial charge in [-0.15, -0.1) is 0 Å². The summed E-state index contributed by atoms with van der Waals surface area (Å²) in [6.45, 7) is 8.48. The van der Waals surface area contributed by atoms with Gasteiger partial charge in [-0.25, -0.2) is 0 Å². The zero-order valence-electron chi connectivity index (χ0n) is 9.70. The minimum absolute atomic E-state index is 0.0336. The van der Waals surface area contributed by atoms with Crippen molar-refractivity contribution in [3.8, 4) is 0 Å². The van der Waals surface area contributed by atoms with Crippen molar-refractivity contribution in [3.05, 3.63) is 0 Å². The number of carbonyl (C=O) groups is 1. The monoisotopic (exact) mass is 199 g/mol. The molecule has 0 amide bonds. The van der Waals surface area contributed by atoms with Gasteiger partial charge in [-0.2, -0.15) is 0 Å². The minimum atomic E-state index is -0.0646. The molecule has 4 unspecified atom stereocenters. The van der Waals surface area contributed by atoms with Gasteiger partial charge < -0.3 is 10.1 Å². The summed E-state index contributed by atoms with van der Waals surface area (Å²) in [4.78, 5) is 11.6. The van der Waals surface area contributed by atoms with E-state index in [0.717, 1.165) is 0 Å². The molecule has 0 aliphatic carbocycles. The van der Waals surface area contributed by atoms with Crippen molar-refractivity contribution in [3.63, 3.8) is 0 Å². The maximum atomic E-state index is 11.6. The quantitative estimate of drug-likeness (QED) is 0.649. The first kappa shape index (κ1) is 11.5. The summed E-state index contributed by atoms with van der Waals surface area (Å²) in [6, 6.07) is 0.760. The lowest BCUT2D eigenvalue weighted by Crippen LogP contribution is -2.55. The Kier molecular flexibility index (Phi) is 3.53. The molecule has 1 rings (SSSR count). The zero-order valence-corrected chi connectivity index (χ0v) is 9.70. The summed E-state index contributed by atoms with van der Waals surface area (Å²) in [5, 5.41) is 3.48. The molecule has 0 aromatic heterocycles. The minimum Gasteiger partial charge on any atom is -0.469 e. The van der Waals surface area contributed by atoms with E-state index < -0.39 is 0 Å². The van der Waals surface area contributed by atoms with Gasteiger partial charge in [0.2, 0.25) is 0 Å². The molecule has 1 fully saturated rings. The fraction of sp³-hybridized carbons (Fsp3) is 0.909.